The summed E-state index contributed by atoms with van der Waals surface area (Å²) in [5.41, 5.74) is 0. The first-order valence-corrected chi connectivity index (χ1v) is 7.01. The van der Waals surface area contributed by atoms with Crippen molar-refractivity contribution in [1.82, 2.24) is 10.2 Å². The maximum Gasteiger partial charge on any atom is 0.330 e. The Labute approximate surface area is 105 Å². The van der Waals surface area contributed by atoms with Crippen molar-refractivity contribution in [2.24, 2.45) is 17.0 Å². The van der Waals surface area contributed by atoms with Gasteiger partial charge in [-0.05, 0) is 5.92 Å². The first kappa shape index (κ1) is 14.6. The Balaban J connectivity index is 2.87. The molecule has 1 aliphatic rings. The summed E-state index contributed by atoms with van der Waals surface area (Å²) in [6, 6.07) is -0.912. The molecule has 0 saturated carbocycles. The van der Waals surface area contributed by atoms with Crippen LogP contribution in [0.3, 0.4) is 0 Å². The van der Waals surface area contributed by atoms with Crippen LogP contribution in [0.4, 0.5) is 4.79 Å². The highest BCUT2D eigenvalue weighted by Gasteiger charge is 2.41. The first-order chi connectivity index (χ1) is 8.13. The van der Waals surface area contributed by atoms with Crippen molar-refractivity contribution in [2.45, 2.75) is 13.8 Å². The number of carbonyl (C=O) groups excluding carboxylic acids is 3. The summed E-state index contributed by atoms with van der Waals surface area (Å²) < 4.78 is 21.6. The number of rotatable bonds is 4. The Morgan fingerprint density at radius 3 is 2.33 bits per heavy atom. The summed E-state index contributed by atoms with van der Waals surface area (Å²) >= 11 is 0. The summed E-state index contributed by atoms with van der Waals surface area (Å²) in [6.07, 6.45) is 0. The molecule has 18 heavy (non-hydrogen) atoms. The smallest absolute Gasteiger partial charge is 0.277 e. The molecule has 0 aromatic heterocycles. The number of nitrogens with one attached hydrogen (secondary N) is 1. The van der Waals surface area contributed by atoms with Gasteiger partial charge >= 0.3 is 6.03 Å². The molecule has 1 atom stereocenters. The molecule has 1 rings (SSSR count). The number of barbiturate groups is 1. The van der Waals surface area contributed by atoms with Crippen molar-refractivity contribution >= 4 is 27.9 Å². The highest BCUT2D eigenvalue weighted by atomic mass is 32.2. The third-order valence-corrected chi connectivity index (χ3v) is 3.31. The Hall–Kier alpha value is -1.48. The molecule has 3 N–H and O–H groups in total. The second-order valence-electron chi connectivity index (χ2n) is 4.37. The van der Waals surface area contributed by atoms with Crippen LogP contribution in [0.5, 0.6) is 0 Å². The number of urea groups is 1. The number of hydrogen-bond acceptors (Lipinski definition) is 5. The molecule has 1 aliphatic heterocycles. The van der Waals surface area contributed by atoms with Gasteiger partial charge in [0.15, 0.2) is 0 Å². The molecule has 1 saturated heterocycles. The molecular weight excluding hydrogens is 262 g/mol. The van der Waals surface area contributed by atoms with Crippen molar-refractivity contribution in [3.05, 3.63) is 0 Å². The molecule has 1 unspecified atom stereocenters. The second kappa shape index (κ2) is 5.02. The molecule has 8 nitrogen and oxygen atoms in total. The lowest BCUT2D eigenvalue weighted by atomic mass is 9.92. The molecule has 102 valence electrons. The van der Waals surface area contributed by atoms with E-state index in [-0.39, 0.29) is 12.5 Å². The van der Waals surface area contributed by atoms with Crippen LogP contribution in [-0.2, 0) is 19.6 Å². The van der Waals surface area contributed by atoms with Crippen LogP contribution in [0.25, 0.3) is 0 Å². The van der Waals surface area contributed by atoms with Crippen LogP contribution in [0.15, 0.2) is 0 Å². The average Bonchev–Trinajstić information content (AvgIpc) is 2.13. The summed E-state index contributed by atoms with van der Waals surface area (Å²) in [4.78, 5) is 35.5. The van der Waals surface area contributed by atoms with E-state index >= 15 is 0 Å². The van der Waals surface area contributed by atoms with Gasteiger partial charge in [-0.3, -0.25) is 19.8 Å². The number of imide groups is 2. The minimum Gasteiger partial charge on any atom is -0.277 e. The average molecular weight is 277 g/mol. The van der Waals surface area contributed by atoms with Gasteiger partial charge in [-0.1, -0.05) is 13.8 Å². The van der Waals surface area contributed by atoms with E-state index in [2.05, 4.69) is 0 Å². The molecule has 9 heteroatoms. The van der Waals surface area contributed by atoms with E-state index < -0.39 is 39.5 Å². The maximum atomic E-state index is 11.9. The van der Waals surface area contributed by atoms with E-state index in [4.69, 9.17) is 5.14 Å². The number of amides is 4. The number of carbonyl (C=O) groups is 3. The van der Waals surface area contributed by atoms with Gasteiger partial charge in [0.05, 0.1) is 5.75 Å². The summed E-state index contributed by atoms with van der Waals surface area (Å²) in [5, 5.41) is 6.82. The van der Waals surface area contributed by atoms with Crippen LogP contribution >= 0.6 is 0 Å². The topological polar surface area (TPSA) is 127 Å². The molecule has 0 aromatic rings. The van der Waals surface area contributed by atoms with E-state index in [1.54, 1.807) is 13.8 Å². The molecule has 4 amide bonds. The molecule has 0 aliphatic carbocycles. The van der Waals surface area contributed by atoms with E-state index in [0.717, 1.165) is 0 Å². The standard InChI is InChI=1S/C9H15N3O5S/c1-5(2)6-7(13)11-9(15)12(8(6)14)3-4-18(10,16)17/h5-6H,3-4H2,1-2H3,(H2,10,16,17)(H,11,13,15). The third-order valence-electron chi connectivity index (χ3n) is 2.56. The van der Waals surface area contributed by atoms with Gasteiger partial charge in [0.1, 0.15) is 5.92 Å². The largest absolute Gasteiger partial charge is 0.330 e. The van der Waals surface area contributed by atoms with Crippen molar-refractivity contribution in [1.29, 1.82) is 0 Å². The van der Waals surface area contributed by atoms with Crippen molar-refractivity contribution < 1.29 is 22.8 Å². The van der Waals surface area contributed by atoms with Crippen LogP contribution in [0, 0.1) is 11.8 Å². The Morgan fingerprint density at radius 1 is 1.33 bits per heavy atom. The normalized spacial score (nSPS) is 21.4. The highest BCUT2D eigenvalue weighted by molar-refractivity contribution is 7.89. The number of primary sulfonamides is 1. The fourth-order valence-corrected chi connectivity index (χ4v) is 2.09. The van der Waals surface area contributed by atoms with Crippen LogP contribution in [0.2, 0.25) is 0 Å². The fourth-order valence-electron chi connectivity index (χ4n) is 1.65. The summed E-state index contributed by atoms with van der Waals surface area (Å²) in [5.74, 6) is -3.16. The SMILES string of the molecule is CC(C)C1C(=O)NC(=O)N(CCS(N)(=O)=O)C1=O. The second-order valence-corrected chi connectivity index (χ2v) is 6.11. The maximum absolute atomic E-state index is 11.9. The van der Waals surface area contributed by atoms with Gasteiger partial charge in [0, 0.05) is 6.54 Å². The molecule has 1 heterocycles. The summed E-state index contributed by atoms with van der Waals surface area (Å²) in [6.45, 7) is 2.96. The zero-order valence-electron chi connectivity index (χ0n) is 10.0. The lowest BCUT2D eigenvalue weighted by Gasteiger charge is -2.31. The van der Waals surface area contributed by atoms with Gasteiger partial charge < -0.3 is 0 Å². The Kier molecular flexibility index (Phi) is 4.07. The van der Waals surface area contributed by atoms with Crippen molar-refractivity contribution in [3.8, 4) is 0 Å². The number of sulfonamides is 1. The van der Waals surface area contributed by atoms with Crippen molar-refractivity contribution in [2.75, 3.05) is 12.3 Å². The number of nitrogens with two attached hydrogens (primary N) is 1. The minimum atomic E-state index is -3.78. The fraction of sp³-hybridized carbons (Fsp3) is 0.667. The van der Waals surface area contributed by atoms with E-state index in [0.29, 0.717) is 4.90 Å². The quantitative estimate of drug-likeness (QED) is 0.613. The minimum absolute atomic E-state index is 0.289. The van der Waals surface area contributed by atoms with E-state index in [1.165, 1.54) is 0 Å². The van der Waals surface area contributed by atoms with Gasteiger partial charge in [-0.2, -0.15) is 0 Å². The lowest BCUT2D eigenvalue weighted by molar-refractivity contribution is -0.144. The Morgan fingerprint density at radius 2 is 1.89 bits per heavy atom. The predicted molar refractivity (Wildman–Crippen MR) is 61.6 cm³/mol. The van der Waals surface area contributed by atoms with Crippen molar-refractivity contribution in [3.63, 3.8) is 0 Å². The van der Waals surface area contributed by atoms with Gasteiger partial charge in [0.2, 0.25) is 21.8 Å². The molecule has 0 bridgehead atoms. The lowest BCUT2D eigenvalue weighted by Crippen LogP contribution is -2.60. The van der Waals surface area contributed by atoms with Crippen LogP contribution in [-0.4, -0.2) is 43.5 Å². The molecular formula is C9H15N3O5S. The third kappa shape index (κ3) is 3.26. The Bertz CT molecular complexity index is 484. The van der Waals surface area contributed by atoms with E-state index in [1.807, 2.05) is 5.32 Å². The van der Waals surface area contributed by atoms with Gasteiger partial charge in [-0.15, -0.1) is 0 Å². The molecule has 1 fully saturated rings. The molecule has 0 aromatic carbocycles. The summed E-state index contributed by atoms with van der Waals surface area (Å²) in [7, 11) is -3.78. The predicted octanol–water partition coefficient (Wildman–Crippen LogP) is -1.37. The van der Waals surface area contributed by atoms with Gasteiger partial charge in [-0.25, -0.2) is 18.4 Å². The van der Waals surface area contributed by atoms with Crippen LogP contribution in [0.1, 0.15) is 13.8 Å². The van der Waals surface area contributed by atoms with E-state index in [9.17, 15) is 22.8 Å². The number of hydrogen-bond donors (Lipinski definition) is 2. The molecule has 0 radical (unpaired) electrons. The number of nitrogens with zero attached hydrogens (tertiary/aromatic N) is 1. The highest BCUT2D eigenvalue weighted by Crippen LogP contribution is 2.18. The zero-order chi connectivity index (χ0) is 14.1. The van der Waals surface area contributed by atoms with Crippen LogP contribution < -0.4 is 10.5 Å². The zero-order valence-corrected chi connectivity index (χ0v) is 10.9. The monoisotopic (exact) mass is 277 g/mol. The first-order valence-electron chi connectivity index (χ1n) is 5.30. The van der Waals surface area contributed by atoms with Gasteiger partial charge in [0.25, 0.3) is 0 Å². The molecule has 0 spiro atoms.